The average Bonchev–Trinajstić information content (AvgIpc) is 3.37. The molecule has 0 bridgehead atoms. The number of ether oxygens (including phenoxy) is 2. The highest BCUT2D eigenvalue weighted by atomic mass is 16.5. The second-order valence-electron chi connectivity index (χ2n) is 5.92. The summed E-state index contributed by atoms with van der Waals surface area (Å²) in [5.74, 6) is 1.74. The predicted octanol–water partition coefficient (Wildman–Crippen LogP) is 2.30. The van der Waals surface area contributed by atoms with Crippen LogP contribution in [0.15, 0.2) is 12.1 Å². The third kappa shape index (κ3) is 2.91. The SMILES string of the molecule is COc1cc(OC)c(N)c(C(=O)N(CC2CC2)C2CC2)c1. The first-order valence-electron chi connectivity index (χ1n) is 7.46. The van der Waals surface area contributed by atoms with Crippen molar-refractivity contribution in [1.82, 2.24) is 4.90 Å². The van der Waals surface area contributed by atoms with E-state index in [1.165, 1.54) is 12.8 Å². The van der Waals surface area contributed by atoms with Crippen LogP contribution in [0.2, 0.25) is 0 Å². The Morgan fingerprint density at radius 1 is 1.24 bits per heavy atom. The maximum Gasteiger partial charge on any atom is 0.256 e. The van der Waals surface area contributed by atoms with Crippen LogP contribution >= 0.6 is 0 Å². The van der Waals surface area contributed by atoms with E-state index in [1.807, 2.05) is 4.90 Å². The zero-order valence-corrected chi connectivity index (χ0v) is 12.6. The number of nitrogen functional groups attached to an aromatic ring is 1. The fraction of sp³-hybridized carbons (Fsp3) is 0.562. The lowest BCUT2D eigenvalue weighted by Crippen LogP contribution is -2.35. The van der Waals surface area contributed by atoms with Gasteiger partial charge in [0.05, 0.1) is 25.5 Å². The van der Waals surface area contributed by atoms with Crippen molar-refractivity contribution in [2.45, 2.75) is 31.7 Å². The number of rotatable bonds is 6. The highest BCUT2D eigenvalue weighted by Gasteiger charge is 2.37. The molecule has 1 aromatic carbocycles. The summed E-state index contributed by atoms with van der Waals surface area (Å²) in [5, 5.41) is 0. The third-order valence-electron chi connectivity index (χ3n) is 4.20. The molecule has 2 fully saturated rings. The van der Waals surface area contributed by atoms with Gasteiger partial charge in [0.2, 0.25) is 0 Å². The van der Waals surface area contributed by atoms with E-state index in [2.05, 4.69) is 0 Å². The zero-order chi connectivity index (χ0) is 15.0. The molecule has 2 aliphatic carbocycles. The number of amides is 1. The van der Waals surface area contributed by atoms with Crippen LogP contribution in [0, 0.1) is 5.92 Å². The van der Waals surface area contributed by atoms with E-state index in [1.54, 1.807) is 26.4 Å². The summed E-state index contributed by atoms with van der Waals surface area (Å²) in [7, 11) is 3.12. The fourth-order valence-corrected chi connectivity index (χ4v) is 2.58. The third-order valence-corrected chi connectivity index (χ3v) is 4.20. The summed E-state index contributed by atoms with van der Waals surface area (Å²) in [6.45, 7) is 0.850. The van der Waals surface area contributed by atoms with Crippen LogP contribution in [0.5, 0.6) is 11.5 Å². The van der Waals surface area contributed by atoms with E-state index in [0.29, 0.717) is 34.7 Å². The van der Waals surface area contributed by atoms with Gasteiger partial charge in [0.1, 0.15) is 11.5 Å². The molecule has 0 heterocycles. The second-order valence-corrected chi connectivity index (χ2v) is 5.92. The summed E-state index contributed by atoms with van der Waals surface area (Å²) in [6, 6.07) is 3.80. The molecule has 1 amide bonds. The molecule has 0 aliphatic heterocycles. The molecule has 5 heteroatoms. The van der Waals surface area contributed by atoms with Gasteiger partial charge in [-0.15, -0.1) is 0 Å². The van der Waals surface area contributed by atoms with Crippen molar-refractivity contribution >= 4 is 11.6 Å². The molecule has 2 aliphatic rings. The molecule has 2 saturated carbocycles. The highest BCUT2D eigenvalue weighted by molar-refractivity contribution is 6.01. The van der Waals surface area contributed by atoms with Gasteiger partial charge in [0.15, 0.2) is 0 Å². The zero-order valence-electron chi connectivity index (χ0n) is 12.6. The van der Waals surface area contributed by atoms with Gasteiger partial charge < -0.3 is 20.1 Å². The van der Waals surface area contributed by atoms with Crippen molar-refractivity contribution in [2.75, 3.05) is 26.5 Å². The first-order valence-corrected chi connectivity index (χ1v) is 7.46. The standard InChI is InChI=1S/C16H22N2O3/c1-20-12-7-13(15(17)14(8-12)21-2)16(19)18(11-5-6-11)9-10-3-4-10/h7-8,10-11H,3-6,9,17H2,1-2H3. The van der Waals surface area contributed by atoms with Crippen LogP contribution in [0.4, 0.5) is 5.69 Å². The van der Waals surface area contributed by atoms with Crippen LogP contribution in [0.1, 0.15) is 36.0 Å². The first kappa shape index (κ1) is 14.0. The van der Waals surface area contributed by atoms with E-state index >= 15 is 0 Å². The van der Waals surface area contributed by atoms with Crippen LogP contribution in [0.25, 0.3) is 0 Å². The molecule has 0 aromatic heterocycles. The van der Waals surface area contributed by atoms with E-state index in [4.69, 9.17) is 15.2 Å². The monoisotopic (exact) mass is 290 g/mol. The molecule has 114 valence electrons. The van der Waals surface area contributed by atoms with Gasteiger partial charge in [-0.3, -0.25) is 4.79 Å². The molecule has 21 heavy (non-hydrogen) atoms. The minimum atomic E-state index is -0.000833. The smallest absolute Gasteiger partial charge is 0.256 e. The van der Waals surface area contributed by atoms with Gasteiger partial charge in [-0.1, -0.05) is 0 Å². The molecule has 0 spiro atoms. The molecule has 5 nitrogen and oxygen atoms in total. The molecule has 3 rings (SSSR count). The van der Waals surface area contributed by atoms with E-state index < -0.39 is 0 Å². The number of methoxy groups -OCH3 is 2. The van der Waals surface area contributed by atoms with Crippen LogP contribution < -0.4 is 15.2 Å². The molecule has 2 N–H and O–H groups in total. The summed E-state index contributed by atoms with van der Waals surface area (Å²) >= 11 is 0. The molecule has 0 saturated heterocycles. The Morgan fingerprint density at radius 2 is 1.95 bits per heavy atom. The molecule has 1 aromatic rings. The van der Waals surface area contributed by atoms with Gasteiger partial charge in [-0.05, 0) is 37.7 Å². The van der Waals surface area contributed by atoms with Crippen LogP contribution in [-0.2, 0) is 0 Å². The van der Waals surface area contributed by atoms with Crippen molar-refractivity contribution < 1.29 is 14.3 Å². The Hall–Kier alpha value is -1.91. The number of carbonyl (C=O) groups excluding carboxylic acids is 1. The van der Waals surface area contributed by atoms with Crippen molar-refractivity contribution in [2.24, 2.45) is 5.92 Å². The highest BCUT2D eigenvalue weighted by Crippen LogP contribution is 2.38. The Bertz CT molecular complexity index is 551. The quantitative estimate of drug-likeness (QED) is 0.816. The van der Waals surface area contributed by atoms with E-state index in [9.17, 15) is 4.79 Å². The number of hydrogen-bond acceptors (Lipinski definition) is 4. The maximum absolute atomic E-state index is 12.9. The summed E-state index contributed by atoms with van der Waals surface area (Å²) in [5.41, 5.74) is 6.97. The van der Waals surface area contributed by atoms with Gasteiger partial charge >= 0.3 is 0 Å². The number of anilines is 1. The topological polar surface area (TPSA) is 64.8 Å². The van der Waals surface area contributed by atoms with Gasteiger partial charge in [-0.25, -0.2) is 0 Å². The predicted molar refractivity (Wildman–Crippen MR) is 80.7 cm³/mol. The fourth-order valence-electron chi connectivity index (χ4n) is 2.58. The van der Waals surface area contributed by atoms with Gasteiger partial charge in [0.25, 0.3) is 5.91 Å². The maximum atomic E-state index is 12.9. The Labute approximate surface area is 125 Å². The molecule has 0 atom stereocenters. The largest absolute Gasteiger partial charge is 0.497 e. The Kier molecular flexibility index (Phi) is 3.66. The van der Waals surface area contributed by atoms with Crippen molar-refractivity contribution in [3.63, 3.8) is 0 Å². The van der Waals surface area contributed by atoms with E-state index in [0.717, 1.165) is 19.4 Å². The number of benzene rings is 1. The normalized spacial score (nSPS) is 17.4. The van der Waals surface area contributed by atoms with Gasteiger partial charge in [-0.2, -0.15) is 0 Å². The minimum absolute atomic E-state index is 0.000833. The lowest BCUT2D eigenvalue weighted by Gasteiger charge is -2.24. The number of hydrogen-bond donors (Lipinski definition) is 1. The lowest BCUT2D eigenvalue weighted by atomic mass is 10.1. The first-order chi connectivity index (χ1) is 10.1. The summed E-state index contributed by atoms with van der Waals surface area (Å²) in [6.07, 6.45) is 4.65. The van der Waals surface area contributed by atoms with E-state index in [-0.39, 0.29) is 5.91 Å². The number of nitrogens with zero attached hydrogens (tertiary/aromatic N) is 1. The van der Waals surface area contributed by atoms with Crippen molar-refractivity contribution in [1.29, 1.82) is 0 Å². The summed E-state index contributed by atoms with van der Waals surface area (Å²) < 4.78 is 10.5. The number of nitrogens with two attached hydrogens (primary N) is 1. The Balaban J connectivity index is 1.91. The molecule has 0 radical (unpaired) electrons. The van der Waals surface area contributed by atoms with Crippen LogP contribution in [-0.4, -0.2) is 37.6 Å². The van der Waals surface area contributed by atoms with Crippen LogP contribution in [0.3, 0.4) is 0 Å². The Morgan fingerprint density at radius 3 is 2.48 bits per heavy atom. The molecular formula is C16H22N2O3. The average molecular weight is 290 g/mol. The summed E-state index contributed by atoms with van der Waals surface area (Å²) in [4.78, 5) is 14.9. The van der Waals surface area contributed by atoms with Gasteiger partial charge in [0, 0.05) is 18.7 Å². The second kappa shape index (κ2) is 5.47. The molecule has 0 unspecified atom stereocenters. The minimum Gasteiger partial charge on any atom is -0.497 e. The van der Waals surface area contributed by atoms with Crippen molar-refractivity contribution in [3.05, 3.63) is 17.7 Å². The molecular weight excluding hydrogens is 268 g/mol. The number of carbonyl (C=O) groups is 1. The lowest BCUT2D eigenvalue weighted by molar-refractivity contribution is 0.0735. The van der Waals surface area contributed by atoms with Crippen molar-refractivity contribution in [3.8, 4) is 11.5 Å².